The molecule has 0 aliphatic carbocycles. The molecule has 3 heterocycles. The predicted octanol–water partition coefficient (Wildman–Crippen LogP) is 2.76. The number of fused-ring (bicyclic) bond motifs is 1. The predicted molar refractivity (Wildman–Crippen MR) is 115 cm³/mol. The van der Waals surface area contributed by atoms with Gasteiger partial charge in [0.1, 0.15) is 0 Å². The molecular weight excluding hydrogens is 360 g/mol. The van der Waals surface area contributed by atoms with Crippen LogP contribution >= 0.6 is 0 Å². The van der Waals surface area contributed by atoms with E-state index in [1.54, 1.807) is 6.20 Å². The first-order valence-corrected chi connectivity index (χ1v) is 10.4. The van der Waals surface area contributed by atoms with Gasteiger partial charge >= 0.3 is 0 Å². The molecule has 2 aromatic carbocycles. The summed E-state index contributed by atoms with van der Waals surface area (Å²) in [5.74, 6) is 1.68. The van der Waals surface area contributed by atoms with Gasteiger partial charge in [-0.2, -0.15) is 10.1 Å². The van der Waals surface area contributed by atoms with Crippen molar-refractivity contribution in [3.8, 4) is 0 Å². The molecule has 1 aromatic heterocycles. The van der Waals surface area contributed by atoms with Crippen LogP contribution in [0.15, 0.2) is 60.8 Å². The van der Waals surface area contributed by atoms with Crippen LogP contribution < -0.4 is 9.80 Å². The zero-order valence-corrected chi connectivity index (χ0v) is 16.6. The van der Waals surface area contributed by atoms with Gasteiger partial charge in [0.2, 0.25) is 5.95 Å². The molecule has 2 aliphatic heterocycles. The number of piperazine rings is 1. The summed E-state index contributed by atoms with van der Waals surface area (Å²) in [7, 11) is 0. The third-order valence-corrected chi connectivity index (χ3v) is 5.89. The van der Waals surface area contributed by atoms with E-state index in [0.29, 0.717) is 0 Å². The molecule has 0 bridgehead atoms. The van der Waals surface area contributed by atoms with Gasteiger partial charge in [-0.3, -0.25) is 4.90 Å². The maximum Gasteiger partial charge on any atom is 0.247 e. The van der Waals surface area contributed by atoms with Gasteiger partial charge in [0.05, 0.1) is 6.20 Å². The molecule has 0 unspecified atom stereocenters. The molecule has 0 amide bonds. The van der Waals surface area contributed by atoms with Gasteiger partial charge in [-0.1, -0.05) is 54.6 Å². The molecule has 0 N–H and O–H groups in total. The van der Waals surface area contributed by atoms with Crippen LogP contribution in [0.25, 0.3) is 0 Å². The van der Waals surface area contributed by atoms with E-state index < -0.39 is 0 Å². The fraction of sp³-hybridized carbons (Fsp3) is 0.348. The van der Waals surface area contributed by atoms with Crippen LogP contribution in [-0.2, 0) is 19.5 Å². The van der Waals surface area contributed by atoms with Crippen LogP contribution in [0.2, 0.25) is 0 Å². The maximum atomic E-state index is 4.86. The van der Waals surface area contributed by atoms with Crippen molar-refractivity contribution in [3.63, 3.8) is 0 Å². The highest BCUT2D eigenvalue weighted by Gasteiger charge is 2.22. The van der Waals surface area contributed by atoms with Crippen molar-refractivity contribution in [2.45, 2.75) is 19.5 Å². The Labute approximate surface area is 171 Å². The molecule has 6 heteroatoms. The number of anilines is 2. The Bertz CT molecular complexity index is 952. The van der Waals surface area contributed by atoms with Crippen molar-refractivity contribution in [2.24, 2.45) is 0 Å². The number of benzene rings is 2. The van der Waals surface area contributed by atoms with Crippen LogP contribution in [0.4, 0.5) is 11.8 Å². The average molecular weight is 387 g/mol. The van der Waals surface area contributed by atoms with Crippen molar-refractivity contribution < 1.29 is 0 Å². The van der Waals surface area contributed by atoms with E-state index in [1.165, 1.54) is 16.7 Å². The first kappa shape index (κ1) is 18.1. The fourth-order valence-electron chi connectivity index (χ4n) is 4.21. The van der Waals surface area contributed by atoms with Crippen LogP contribution in [0, 0.1) is 0 Å². The Balaban J connectivity index is 1.23. The van der Waals surface area contributed by atoms with Gasteiger partial charge in [0.25, 0.3) is 0 Å². The van der Waals surface area contributed by atoms with Crippen LogP contribution in [0.1, 0.15) is 16.7 Å². The summed E-state index contributed by atoms with van der Waals surface area (Å²) in [6.07, 6.45) is 2.84. The first-order valence-electron chi connectivity index (χ1n) is 10.4. The van der Waals surface area contributed by atoms with Gasteiger partial charge in [-0.25, -0.2) is 0 Å². The summed E-state index contributed by atoms with van der Waals surface area (Å²) in [6, 6.07) is 19.3. The van der Waals surface area contributed by atoms with E-state index in [1.807, 2.05) is 0 Å². The monoisotopic (exact) mass is 386 g/mol. The van der Waals surface area contributed by atoms with E-state index in [4.69, 9.17) is 4.98 Å². The highest BCUT2D eigenvalue weighted by molar-refractivity contribution is 5.45. The zero-order valence-electron chi connectivity index (χ0n) is 16.6. The van der Waals surface area contributed by atoms with Crippen LogP contribution in [0.3, 0.4) is 0 Å². The molecule has 0 spiro atoms. The topological polar surface area (TPSA) is 48.4 Å². The lowest BCUT2D eigenvalue weighted by Gasteiger charge is -2.35. The SMILES string of the molecule is c1ccc(CN2CCN(c3nncc(N4CCc5ccccc5C4)n3)CC2)cc1. The minimum Gasteiger partial charge on any atom is -0.350 e. The molecule has 148 valence electrons. The van der Waals surface area contributed by atoms with E-state index in [2.05, 4.69) is 79.5 Å². The number of hydrogen-bond acceptors (Lipinski definition) is 6. The Morgan fingerprint density at radius 1 is 0.759 bits per heavy atom. The van der Waals surface area contributed by atoms with Crippen molar-refractivity contribution >= 4 is 11.8 Å². The summed E-state index contributed by atoms with van der Waals surface area (Å²) < 4.78 is 0. The maximum absolute atomic E-state index is 4.86. The van der Waals surface area contributed by atoms with E-state index in [-0.39, 0.29) is 0 Å². The van der Waals surface area contributed by atoms with Crippen molar-refractivity contribution in [1.29, 1.82) is 0 Å². The lowest BCUT2D eigenvalue weighted by atomic mass is 10.0. The van der Waals surface area contributed by atoms with Crippen molar-refractivity contribution in [3.05, 3.63) is 77.5 Å². The summed E-state index contributed by atoms with van der Waals surface area (Å²) in [5, 5.41) is 8.60. The number of hydrogen-bond donors (Lipinski definition) is 0. The van der Waals surface area contributed by atoms with E-state index in [0.717, 1.165) is 64.0 Å². The third kappa shape index (κ3) is 4.07. The standard InChI is InChI=1S/C23H26N6/c1-2-6-19(7-3-1)17-27-12-14-28(15-13-27)23-25-22(16-24-26-23)29-11-10-20-8-4-5-9-21(20)18-29/h1-9,16H,10-15,17-18H2. The van der Waals surface area contributed by atoms with Crippen molar-refractivity contribution in [1.82, 2.24) is 20.1 Å². The number of nitrogens with zero attached hydrogens (tertiary/aromatic N) is 6. The molecule has 1 saturated heterocycles. The Hall–Kier alpha value is -2.99. The largest absolute Gasteiger partial charge is 0.350 e. The summed E-state index contributed by atoms with van der Waals surface area (Å²) in [6.45, 7) is 6.75. The molecule has 6 nitrogen and oxygen atoms in total. The summed E-state index contributed by atoms with van der Waals surface area (Å²) >= 11 is 0. The second-order valence-electron chi connectivity index (χ2n) is 7.80. The molecule has 0 saturated carbocycles. The molecule has 2 aliphatic rings. The third-order valence-electron chi connectivity index (χ3n) is 5.89. The Morgan fingerprint density at radius 2 is 1.52 bits per heavy atom. The summed E-state index contributed by atoms with van der Waals surface area (Å²) in [4.78, 5) is 11.9. The molecule has 5 rings (SSSR count). The van der Waals surface area contributed by atoms with Crippen LogP contribution in [-0.4, -0.2) is 52.8 Å². The smallest absolute Gasteiger partial charge is 0.247 e. The lowest BCUT2D eigenvalue weighted by Crippen LogP contribution is -2.46. The highest BCUT2D eigenvalue weighted by atomic mass is 15.4. The Morgan fingerprint density at radius 3 is 2.34 bits per heavy atom. The van der Waals surface area contributed by atoms with E-state index >= 15 is 0 Å². The second kappa shape index (κ2) is 8.17. The molecule has 29 heavy (non-hydrogen) atoms. The molecular formula is C23H26N6. The Kier molecular flexibility index (Phi) is 5.09. The quantitative estimate of drug-likeness (QED) is 0.687. The van der Waals surface area contributed by atoms with Gasteiger partial charge in [-0.05, 0) is 23.1 Å². The highest BCUT2D eigenvalue weighted by Crippen LogP contribution is 2.23. The lowest BCUT2D eigenvalue weighted by molar-refractivity contribution is 0.248. The normalized spacial score (nSPS) is 17.2. The van der Waals surface area contributed by atoms with E-state index in [9.17, 15) is 0 Å². The number of aromatic nitrogens is 3. The fourth-order valence-corrected chi connectivity index (χ4v) is 4.21. The summed E-state index contributed by atoms with van der Waals surface area (Å²) in [5.41, 5.74) is 4.19. The van der Waals surface area contributed by atoms with Crippen LogP contribution in [0.5, 0.6) is 0 Å². The van der Waals surface area contributed by atoms with Gasteiger partial charge < -0.3 is 9.80 Å². The van der Waals surface area contributed by atoms with Gasteiger partial charge in [0, 0.05) is 45.8 Å². The van der Waals surface area contributed by atoms with Crippen molar-refractivity contribution in [2.75, 3.05) is 42.5 Å². The minimum atomic E-state index is 0.751. The molecule has 0 atom stereocenters. The molecule has 3 aromatic rings. The van der Waals surface area contributed by atoms with Gasteiger partial charge in [0.15, 0.2) is 5.82 Å². The second-order valence-corrected chi connectivity index (χ2v) is 7.80. The van der Waals surface area contributed by atoms with Gasteiger partial charge in [-0.15, -0.1) is 5.10 Å². The molecule has 1 fully saturated rings. The first-order chi connectivity index (χ1) is 14.3. The zero-order chi connectivity index (χ0) is 19.5. The molecule has 0 radical (unpaired) electrons. The minimum absolute atomic E-state index is 0.751. The number of rotatable bonds is 4. The average Bonchev–Trinajstić information content (AvgIpc) is 2.80.